The van der Waals surface area contributed by atoms with Crippen LogP contribution in [0, 0.1) is 17.0 Å². The fourth-order valence-electron chi connectivity index (χ4n) is 3.65. The van der Waals surface area contributed by atoms with Crippen molar-refractivity contribution in [2.24, 2.45) is 0 Å². The minimum Gasteiger partial charge on any atom is -0.496 e. The summed E-state index contributed by atoms with van der Waals surface area (Å²) in [4.78, 5) is 23.1. The van der Waals surface area contributed by atoms with Gasteiger partial charge in [-0.2, -0.15) is 0 Å². The van der Waals surface area contributed by atoms with E-state index in [-0.39, 0.29) is 24.5 Å². The number of Topliss-reactive ketones (excluding diaryl/α,β-unsaturated/α-hetero) is 1. The molecule has 3 aromatic rings. The van der Waals surface area contributed by atoms with Crippen LogP contribution in [0.1, 0.15) is 39.6 Å². The number of nitrogens with zero attached hydrogens (tertiary/aromatic N) is 1. The topological polar surface area (TPSA) is 87.9 Å². The van der Waals surface area contributed by atoms with Gasteiger partial charge in [-0.1, -0.05) is 18.2 Å². The van der Waals surface area contributed by atoms with Crippen LogP contribution in [-0.4, -0.2) is 17.8 Å². The van der Waals surface area contributed by atoms with Crippen molar-refractivity contribution in [3.05, 3.63) is 93.0 Å². The molecular weight excluding hydrogens is 398 g/mol. The summed E-state index contributed by atoms with van der Waals surface area (Å²) in [6.45, 7) is 1.87. The number of para-hydroxylation sites is 1. The lowest BCUT2D eigenvalue weighted by Gasteiger charge is -2.26. The second-order valence-corrected chi connectivity index (χ2v) is 7.30. The molecule has 4 rings (SSSR count). The second-order valence-electron chi connectivity index (χ2n) is 7.30. The van der Waals surface area contributed by atoms with Crippen LogP contribution in [0.5, 0.6) is 17.2 Å². The lowest BCUT2D eigenvalue weighted by molar-refractivity contribution is -0.385. The summed E-state index contributed by atoms with van der Waals surface area (Å²) in [7, 11) is 1.57. The van der Waals surface area contributed by atoms with E-state index < -0.39 is 11.0 Å². The number of carbonyl (C=O) groups excluding carboxylic acids is 1. The summed E-state index contributed by atoms with van der Waals surface area (Å²) in [6.07, 6.45) is -0.140. The van der Waals surface area contributed by atoms with Gasteiger partial charge in [0.15, 0.2) is 5.78 Å². The number of hydrogen-bond donors (Lipinski definition) is 0. The molecule has 1 atom stereocenters. The maximum Gasteiger partial charge on any atom is 0.272 e. The van der Waals surface area contributed by atoms with Gasteiger partial charge in [0.25, 0.3) is 5.69 Å². The van der Waals surface area contributed by atoms with Crippen LogP contribution < -0.4 is 14.2 Å². The molecule has 0 unspecified atom stereocenters. The molecule has 0 aromatic heterocycles. The number of benzene rings is 3. The Hall–Kier alpha value is -3.87. The highest BCUT2D eigenvalue weighted by Crippen LogP contribution is 2.36. The van der Waals surface area contributed by atoms with Crippen LogP contribution in [0.25, 0.3) is 0 Å². The van der Waals surface area contributed by atoms with Crippen LogP contribution in [0.3, 0.4) is 0 Å². The first-order valence-corrected chi connectivity index (χ1v) is 9.80. The predicted octanol–water partition coefficient (Wildman–Crippen LogP) is 5.20. The number of rotatable bonds is 6. The lowest BCUT2D eigenvalue weighted by Crippen LogP contribution is -2.20. The molecule has 0 saturated heterocycles. The number of carbonyl (C=O) groups is 1. The molecule has 7 nitrogen and oxygen atoms in total. The fraction of sp³-hybridized carbons (Fsp3) is 0.208. The van der Waals surface area contributed by atoms with Crippen molar-refractivity contribution in [1.29, 1.82) is 0 Å². The van der Waals surface area contributed by atoms with Crippen molar-refractivity contribution >= 4 is 11.5 Å². The fourth-order valence-corrected chi connectivity index (χ4v) is 3.65. The summed E-state index contributed by atoms with van der Waals surface area (Å²) >= 11 is 0. The summed E-state index contributed by atoms with van der Waals surface area (Å²) in [5, 5.41) is 11.0. The normalized spacial score (nSPS) is 15.0. The largest absolute Gasteiger partial charge is 0.496 e. The molecule has 158 valence electrons. The highest BCUT2D eigenvalue weighted by Gasteiger charge is 2.27. The maximum atomic E-state index is 12.5. The van der Waals surface area contributed by atoms with E-state index in [0.717, 1.165) is 11.1 Å². The molecule has 31 heavy (non-hydrogen) atoms. The highest BCUT2D eigenvalue weighted by atomic mass is 16.6. The van der Waals surface area contributed by atoms with Crippen LogP contribution in [0.4, 0.5) is 5.69 Å². The summed E-state index contributed by atoms with van der Waals surface area (Å²) in [6, 6.07) is 17.5. The van der Waals surface area contributed by atoms with Gasteiger partial charge < -0.3 is 14.2 Å². The molecular formula is C24H21NO6. The van der Waals surface area contributed by atoms with Gasteiger partial charge >= 0.3 is 0 Å². The average Bonchev–Trinajstić information content (AvgIpc) is 2.77. The first-order valence-electron chi connectivity index (χ1n) is 9.80. The molecule has 3 aromatic carbocycles. The number of ketones is 1. The molecule has 0 aliphatic carbocycles. The van der Waals surface area contributed by atoms with Gasteiger partial charge in [0.1, 0.15) is 30.0 Å². The number of methoxy groups -OCH3 is 1. The number of nitro groups is 1. The zero-order valence-corrected chi connectivity index (χ0v) is 17.2. The van der Waals surface area contributed by atoms with Gasteiger partial charge in [-0.05, 0) is 48.9 Å². The van der Waals surface area contributed by atoms with Crippen LogP contribution in [-0.2, 0) is 6.61 Å². The second kappa shape index (κ2) is 8.47. The van der Waals surface area contributed by atoms with Crippen molar-refractivity contribution in [3.8, 4) is 17.2 Å². The van der Waals surface area contributed by atoms with Gasteiger partial charge in [-0.15, -0.1) is 0 Å². The third-order valence-electron chi connectivity index (χ3n) is 5.26. The van der Waals surface area contributed by atoms with Crippen molar-refractivity contribution in [2.45, 2.75) is 26.1 Å². The summed E-state index contributed by atoms with van der Waals surface area (Å²) < 4.78 is 17.4. The Bertz CT molecular complexity index is 1160. The molecule has 0 bridgehead atoms. The van der Waals surface area contributed by atoms with Crippen molar-refractivity contribution in [3.63, 3.8) is 0 Å². The standard InChI is InChI=1S/C24H21NO6/c1-15-11-18(8-9-20(15)25(27)28)30-14-17-12-16(7-10-22(17)29-2)24-13-21(26)19-5-3-4-6-23(19)31-24/h3-12,24H,13-14H2,1-2H3/t24-/m1/s1. The molecule has 0 saturated carbocycles. The number of fused-ring (bicyclic) bond motifs is 1. The Balaban J connectivity index is 1.55. The molecule has 0 spiro atoms. The molecule has 0 fully saturated rings. The first kappa shape index (κ1) is 20.4. The minimum atomic E-state index is -0.421. The first-order chi connectivity index (χ1) is 15.0. The van der Waals surface area contributed by atoms with E-state index in [1.165, 1.54) is 6.07 Å². The Morgan fingerprint density at radius 2 is 1.94 bits per heavy atom. The minimum absolute atomic E-state index is 0.0434. The Labute approximate surface area is 179 Å². The molecule has 1 aliphatic rings. The molecule has 1 heterocycles. The molecule has 7 heteroatoms. The zero-order valence-electron chi connectivity index (χ0n) is 17.2. The molecule has 1 aliphatic heterocycles. The number of nitro benzene ring substituents is 1. The van der Waals surface area contributed by atoms with E-state index >= 15 is 0 Å². The average molecular weight is 419 g/mol. The lowest BCUT2D eigenvalue weighted by atomic mass is 9.95. The summed E-state index contributed by atoms with van der Waals surface area (Å²) in [5.74, 6) is 1.79. The van der Waals surface area contributed by atoms with E-state index in [1.807, 2.05) is 30.3 Å². The quantitative estimate of drug-likeness (QED) is 0.403. The van der Waals surface area contributed by atoms with Crippen molar-refractivity contribution < 1.29 is 23.9 Å². The summed E-state index contributed by atoms with van der Waals surface area (Å²) in [5.41, 5.74) is 2.81. The van der Waals surface area contributed by atoms with E-state index in [2.05, 4.69) is 0 Å². The number of ether oxygens (including phenoxy) is 3. The Morgan fingerprint density at radius 1 is 1.13 bits per heavy atom. The predicted molar refractivity (Wildman–Crippen MR) is 114 cm³/mol. The van der Waals surface area contributed by atoms with E-state index in [9.17, 15) is 14.9 Å². The molecule has 0 amide bonds. The van der Waals surface area contributed by atoms with Gasteiger partial charge in [0.05, 0.1) is 24.0 Å². The SMILES string of the molecule is COc1ccc([C@H]2CC(=O)c3ccccc3O2)cc1COc1ccc([N+](=O)[O-])c(C)c1. The van der Waals surface area contributed by atoms with E-state index in [0.29, 0.717) is 28.4 Å². The van der Waals surface area contributed by atoms with Gasteiger partial charge in [0, 0.05) is 17.2 Å². The third-order valence-corrected chi connectivity index (χ3v) is 5.26. The number of hydrogen-bond acceptors (Lipinski definition) is 6. The van der Waals surface area contributed by atoms with Crippen LogP contribution in [0.15, 0.2) is 60.7 Å². The Kier molecular flexibility index (Phi) is 5.58. The molecule has 0 N–H and O–H groups in total. The van der Waals surface area contributed by atoms with Crippen LogP contribution >= 0.6 is 0 Å². The van der Waals surface area contributed by atoms with Gasteiger partial charge in [-0.3, -0.25) is 14.9 Å². The Morgan fingerprint density at radius 3 is 2.68 bits per heavy atom. The highest BCUT2D eigenvalue weighted by molar-refractivity contribution is 5.99. The third kappa shape index (κ3) is 4.21. The number of aryl methyl sites for hydroxylation is 1. The van der Waals surface area contributed by atoms with Crippen molar-refractivity contribution in [1.82, 2.24) is 0 Å². The van der Waals surface area contributed by atoms with Gasteiger partial charge in [-0.25, -0.2) is 0 Å². The van der Waals surface area contributed by atoms with Gasteiger partial charge in [0.2, 0.25) is 0 Å². The van der Waals surface area contributed by atoms with Crippen LogP contribution in [0.2, 0.25) is 0 Å². The van der Waals surface area contributed by atoms with E-state index in [4.69, 9.17) is 14.2 Å². The van der Waals surface area contributed by atoms with E-state index in [1.54, 1.807) is 38.3 Å². The molecule has 0 radical (unpaired) electrons. The van der Waals surface area contributed by atoms with Crippen molar-refractivity contribution in [2.75, 3.05) is 7.11 Å². The maximum absolute atomic E-state index is 12.5. The monoisotopic (exact) mass is 419 g/mol. The smallest absolute Gasteiger partial charge is 0.272 e. The zero-order chi connectivity index (χ0) is 22.0.